The van der Waals surface area contributed by atoms with Crippen molar-refractivity contribution in [2.75, 3.05) is 12.4 Å². The molecule has 0 unspecified atom stereocenters. The van der Waals surface area contributed by atoms with Crippen LogP contribution in [0.3, 0.4) is 0 Å². The van der Waals surface area contributed by atoms with Crippen LogP contribution in [0.4, 0.5) is 5.82 Å². The van der Waals surface area contributed by atoms with Crippen molar-refractivity contribution in [3.63, 3.8) is 0 Å². The van der Waals surface area contributed by atoms with Gasteiger partial charge in [0.15, 0.2) is 0 Å². The Hall–Kier alpha value is -1.55. The molecule has 2 aromatic rings. The molecule has 0 radical (unpaired) electrons. The lowest BCUT2D eigenvalue weighted by Gasteiger charge is -2.09. The molecule has 90 valence electrons. The van der Waals surface area contributed by atoms with Crippen LogP contribution >= 0.6 is 11.6 Å². The molecule has 0 aliphatic rings. The summed E-state index contributed by atoms with van der Waals surface area (Å²) >= 11 is 6.14. The molecule has 2 rings (SSSR count). The molecule has 0 saturated carbocycles. The molecule has 0 amide bonds. The number of aromatic nitrogens is 3. The van der Waals surface area contributed by atoms with E-state index in [-0.39, 0.29) is 0 Å². The van der Waals surface area contributed by atoms with Gasteiger partial charge in [-0.15, -0.1) is 0 Å². The van der Waals surface area contributed by atoms with Crippen molar-refractivity contribution in [2.45, 2.75) is 19.9 Å². The molecule has 1 N–H and O–H groups in total. The van der Waals surface area contributed by atoms with Gasteiger partial charge in [0.25, 0.3) is 0 Å². The number of hydrogen-bond acceptors (Lipinski definition) is 3. The summed E-state index contributed by atoms with van der Waals surface area (Å²) in [4.78, 5) is 8.73. The standard InChI is InChI=1S/C12H15ClN4/c1-3-12-15-6-7-17(12)8-10-9(13)4-5-11(14-2)16-10/h4-7H,3,8H2,1-2H3,(H,14,16). The summed E-state index contributed by atoms with van der Waals surface area (Å²) in [7, 11) is 1.84. The number of halogens is 1. The number of aryl methyl sites for hydroxylation is 1. The first-order valence-electron chi connectivity index (χ1n) is 5.57. The fraction of sp³-hybridized carbons (Fsp3) is 0.333. The molecule has 2 aromatic heterocycles. The molecule has 0 atom stereocenters. The zero-order valence-corrected chi connectivity index (χ0v) is 10.7. The van der Waals surface area contributed by atoms with Crippen molar-refractivity contribution in [3.8, 4) is 0 Å². The van der Waals surface area contributed by atoms with E-state index in [1.54, 1.807) is 6.20 Å². The Balaban J connectivity index is 2.29. The van der Waals surface area contributed by atoms with Gasteiger partial charge in [-0.05, 0) is 12.1 Å². The van der Waals surface area contributed by atoms with Gasteiger partial charge < -0.3 is 9.88 Å². The second-order valence-electron chi connectivity index (χ2n) is 3.70. The quantitative estimate of drug-likeness (QED) is 0.907. The monoisotopic (exact) mass is 250 g/mol. The van der Waals surface area contributed by atoms with Gasteiger partial charge in [-0.1, -0.05) is 18.5 Å². The van der Waals surface area contributed by atoms with E-state index >= 15 is 0 Å². The van der Waals surface area contributed by atoms with E-state index in [0.29, 0.717) is 11.6 Å². The van der Waals surface area contributed by atoms with Crippen molar-refractivity contribution in [2.24, 2.45) is 0 Å². The average Bonchev–Trinajstić information content (AvgIpc) is 2.79. The topological polar surface area (TPSA) is 42.7 Å². The fourth-order valence-electron chi connectivity index (χ4n) is 1.69. The van der Waals surface area contributed by atoms with Crippen LogP contribution < -0.4 is 5.32 Å². The maximum absolute atomic E-state index is 6.14. The highest BCUT2D eigenvalue weighted by Gasteiger charge is 2.07. The van der Waals surface area contributed by atoms with Gasteiger partial charge in [0.2, 0.25) is 0 Å². The molecule has 4 nitrogen and oxygen atoms in total. The van der Waals surface area contributed by atoms with E-state index in [1.165, 1.54) is 0 Å². The Morgan fingerprint density at radius 3 is 2.94 bits per heavy atom. The van der Waals surface area contributed by atoms with Gasteiger partial charge in [0.05, 0.1) is 17.3 Å². The number of nitrogens with zero attached hydrogens (tertiary/aromatic N) is 3. The van der Waals surface area contributed by atoms with Crippen LogP contribution in [0.25, 0.3) is 0 Å². The second-order valence-corrected chi connectivity index (χ2v) is 4.11. The lowest BCUT2D eigenvalue weighted by atomic mass is 10.3. The summed E-state index contributed by atoms with van der Waals surface area (Å²) in [6, 6.07) is 3.72. The molecular formula is C12H15ClN4. The number of imidazole rings is 1. The fourth-order valence-corrected chi connectivity index (χ4v) is 1.86. The predicted molar refractivity (Wildman–Crippen MR) is 69.5 cm³/mol. The number of rotatable bonds is 4. The molecule has 0 bridgehead atoms. The molecule has 0 spiro atoms. The SMILES string of the molecule is CCc1nccn1Cc1nc(NC)ccc1Cl. The van der Waals surface area contributed by atoms with Crippen molar-refractivity contribution in [1.82, 2.24) is 14.5 Å². The molecule has 17 heavy (non-hydrogen) atoms. The molecule has 0 aromatic carbocycles. The number of hydrogen-bond donors (Lipinski definition) is 1. The first kappa shape index (κ1) is 11.9. The highest BCUT2D eigenvalue weighted by Crippen LogP contribution is 2.18. The number of nitrogens with one attached hydrogen (secondary N) is 1. The number of anilines is 1. The Labute approximate surface area is 106 Å². The third-order valence-corrected chi connectivity index (χ3v) is 2.96. The molecule has 0 aliphatic heterocycles. The normalized spacial score (nSPS) is 10.5. The average molecular weight is 251 g/mol. The van der Waals surface area contributed by atoms with E-state index in [1.807, 2.05) is 25.4 Å². The maximum Gasteiger partial charge on any atom is 0.126 e. The highest BCUT2D eigenvalue weighted by atomic mass is 35.5. The molecular weight excluding hydrogens is 236 g/mol. The zero-order valence-electron chi connectivity index (χ0n) is 9.94. The summed E-state index contributed by atoms with van der Waals surface area (Å²) in [5.74, 6) is 1.86. The largest absolute Gasteiger partial charge is 0.373 e. The summed E-state index contributed by atoms with van der Waals surface area (Å²) in [6.07, 6.45) is 4.65. The minimum absolute atomic E-state index is 0.650. The van der Waals surface area contributed by atoms with E-state index in [9.17, 15) is 0 Å². The summed E-state index contributed by atoms with van der Waals surface area (Å²) < 4.78 is 2.06. The Morgan fingerprint density at radius 1 is 1.41 bits per heavy atom. The summed E-state index contributed by atoms with van der Waals surface area (Å²) in [5, 5.41) is 3.69. The first-order valence-corrected chi connectivity index (χ1v) is 5.95. The van der Waals surface area contributed by atoms with Gasteiger partial charge in [-0.3, -0.25) is 0 Å². The Bertz CT molecular complexity index is 507. The predicted octanol–water partition coefficient (Wildman–Crippen LogP) is 2.58. The minimum Gasteiger partial charge on any atom is -0.373 e. The summed E-state index contributed by atoms with van der Waals surface area (Å²) in [5.41, 5.74) is 0.853. The lowest BCUT2D eigenvalue weighted by Crippen LogP contribution is -2.06. The van der Waals surface area contributed by atoms with Crippen LogP contribution in [0.5, 0.6) is 0 Å². The van der Waals surface area contributed by atoms with Gasteiger partial charge in [-0.2, -0.15) is 0 Å². The smallest absolute Gasteiger partial charge is 0.126 e. The molecule has 0 aliphatic carbocycles. The molecule has 5 heteroatoms. The third-order valence-electron chi connectivity index (χ3n) is 2.61. The van der Waals surface area contributed by atoms with Gasteiger partial charge in [0, 0.05) is 25.9 Å². The van der Waals surface area contributed by atoms with Crippen LogP contribution in [0.2, 0.25) is 5.02 Å². The van der Waals surface area contributed by atoms with Crippen molar-refractivity contribution in [1.29, 1.82) is 0 Å². The van der Waals surface area contributed by atoms with Gasteiger partial charge in [0.1, 0.15) is 11.6 Å². The van der Waals surface area contributed by atoms with Crippen LogP contribution in [-0.4, -0.2) is 21.6 Å². The Kier molecular flexibility index (Phi) is 3.64. The van der Waals surface area contributed by atoms with Crippen LogP contribution in [-0.2, 0) is 13.0 Å². The van der Waals surface area contributed by atoms with E-state index in [0.717, 1.165) is 23.8 Å². The minimum atomic E-state index is 0.650. The maximum atomic E-state index is 6.14. The van der Waals surface area contributed by atoms with E-state index in [2.05, 4.69) is 26.8 Å². The zero-order chi connectivity index (χ0) is 12.3. The van der Waals surface area contributed by atoms with Crippen LogP contribution in [0.1, 0.15) is 18.4 Å². The van der Waals surface area contributed by atoms with Crippen molar-refractivity contribution in [3.05, 3.63) is 41.1 Å². The second kappa shape index (κ2) is 5.19. The van der Waals surface area contributed by atoms with Gasteiger partial charge in [-0.25, -0.2) is 9.97 Å². The van der Waals surface area contributed by atoms with E-state index in [4.69, 9.17) is 11.6 Å². The Morgan fingerprint density at radius 2 is 2.24 bits per heavy atom. The molecule has 0 fully saturated rings. The highest BCUT2D eigenvalue weighted by molar-refractivity contribution is 6.31. The lowest BCUT2D eigenvalue weighted by molar-refractivity contribution is 0.717. The van der Waals surface area contributed by atoms with Gasteiger partial charge >= 0.3 is 0 Å². The summed E-state index contributed by atoms with van der Waals surface area (Å²) in [6.45, 7) is 2.73. The van der Waals surface area contributed by atoms with Crippen molar-refractivity contribution >= 4 is 17.4 Å². The van der Waals surface area contributed by atoms with Crippen LogP contribution in [0.15, 0.2) is 24.5 Å². The van der Waals surface area contributed by atoms with E-state index < -0.39 is 0 Å². The van der Waals surface area contributed by atoms with Crippen LogP contribution in [0, 0.1) is 0 Å². The van der Waals surface area contributed by atoms with Crippen molar-refractivity contribution < 1.29 is 0 Å². The molecule has 0 saturated heterocycles. The molecule has 2 heterocycles. The third kappa shape index (κ3) is 2.58. The number of pyridine rings is 1. The first-order chi connectivity index (χ1) is 8.24.